The van der Waals surface area contributed by atoms with Gasteiger partial charge in [-0.2, -0.15) is 5.26 Å². The third-order valence-electron chi connectivity index (χ3n) is 3.24. The van der Waals surface area contributed by atoms with Gasteiger partial charge in [-0.05, 0) is 18.6 Å². The van der Waals surface area contributed by atoms with Crippen LogP contribution in [0, 0.1) is 11.3 Å². The molecule has 0 fully saturated rings. The zero-order chi connectivity index (χ0) is 12.4. The van der Waals surface area contributed by atoms with Crippen molar-refractivity contribution in [2.45, 2.75) is 19.0 Å². The summed E-state index contributed by atoms with van der Waals surface area (Å²) >= 11 is 0. The summed E-state index contributed by atoms with van der Waals surface area (Å²) in [5.74, 6) is 0.0293. The first kappa shape index (κ1) is 11.5. The minimum Gasteiger partial charge on any atom is -0.354 e. The molecule has 1 aliphatic rings. The lowest BCUT2D eigenvalue weighted by molar-refractivity contribution is 0.0705. The Hall–Kier alpha value is -2.02. The smallest absolute Gasteiger partial charge is 0.257 e. The van der Waals surface area contributed by atoms with E-state index in [2.05, 4.69) is 11.0 Å². The summed E-state index contributed by atoms with van der Waals surface area (Å²) in [5.41, 5.74) is 1.67. The number of carbonyl (C=O) groups is 1. The first-order valence-corrected chi connectivity index (χ1v) is 5.62. The molecule has 1 aromatic rings. The number of rotatable bonds is 2. The van der Waals surface area contributed by atoms with Gasteiger partial charge < -0.3 is 9.80 Å². The topological polar surface area (TPSA) is 47.3 Å². The molecule has 0 saturated carbocycles. The maximum atomic E-state index is 12.2. The minimum absolute atomic E-state index is 0.0293. The van der Waals surface area contributed by atoms with E-state index in [0.717, 1.165) is 11.3 Å². The van der Waals surface area contributed by atoms with Gasteiger partial charge in [0.2, 0.25) is 0 Å². The molecule has 4 heteroatoms. The zero-order valence-corrected chi connectivity index (χ0v) is 10.1. The number of amides is 1. The van der Waals surface area contributed by atoms with Crippen LogP contribution in [-0.4, -0.2) is 31.1 Å². The lowest BCUT2D eigenvalue weighted by Crippen LogP contribution is -2.51. The van der Waals surface area contributed by atoms with E-state index < -0.39 is 0 Å². The van der Waals surface area contributed by atoms with Crippen LogP contribution < -0.4 is 4.90 Å². The summed E-state index contributed by atoms with van der Waals surface area (Å²) in [6, 6.07) is 9.71. The highest BCUT2D eigenvalue weighted by Gasteiger charge is 2.32. The molecule has 0 N–H and O–H groups in total. The van der Waals surface area contributed by atoms with Gasteiger partial charge in [-0.15, -0.1) is 0 Å². The van der Waals surface area contributed by atoms with E-state index >= 15 is 0 Å². The molecule has 1 atom stereocenters. The van der Waals surface area contributed by atoms with Crippen molar-refractivity contribution in [3.05, 3.63) is 29.8 Å². The molecule has 0 bridgehead atoms. The van der Waals surface area contributed by atoms with Crippen LogP contribution in [0.1, 0.15) is 23.2 Å². The quantitative estimate of drug-likeness (QED) is 0.777. The van der Waals surface area contributed by atoms with Gasteiger partial charge in [0, 0.05) is 20.5 Å². The Balaban J connectivity index is 2.37. The number of para-hydroxylation sites is 1. The lowest BCUT2D eigenvalue weighted by Gasteiger charge is -2.41. The van der Waals surface area contributed by atoms with Crippen molar-refractivity contribution in [3.8, 4) is 6.07 Å². The fourth-order valence-electron chi connectivity index (χ4n) is 2.29. The highest BCUT2D eigenvalue weighted by molar-refractivity contribution is 6.01. The van der Waals surface area contributed by atoms with Crippen LogP contribution in [0.5, 0.6) is 0 Å². The predicted octanol–water partition coefficient (Wildman–Crippen LogP) is 1.84. The second-order valence-electron chi connectivity index (χ2n) is 4.22. The molecule has 1 aliphatic heterocycles. The summed E-state index contributed by atoms with van der Waals surface area (Å²) in [7, 11) is 3.75. The van der Waals surface area contributed by atoms with Crippen molar-refractivity contribution in [1.29, 1.82) is 5.26 Å². The summed E-state index contributed by atoms with van der Waals surface area (Å²) in [4.78, 5) is 15.9. The van der Waals surface area contributed by atoms with Crippen molar-refractivity contribution in [2.75, 3.05) is 19.0 Å². The average molecular weight is 229 g/mol. The summed E-state index contributed by atoms with van der Waals surface area (Å²) < 4.78 is 0. The Labute approximate surface area is 101 Å². The molecule has 0 radical (unpaired) electrons. The van der Waals surface area contributed by atoms with Crippen molar-refractivity contribution in [2.24, 2.45) is 0 Å². The molecule has 1 aromatic carbocycles. The molecule has 1 unspecified atom stereocenters. The molecule has 0 saturated heterocycles. The van der Waals surface area contributed by atoms with Gasteiger partial charge in [-0.1, -0.05) is 12.1 Å². The van der Waals surface area contributed by atoms with Gasteiger partial charge in [0.15, 0.2) is 0 Å². The minimum atomic E-state index is -0.0305. The van der Waals surface area contributed by atoms with Gasteiger partial charge in [-0.25, -0.2) is 0 Å². The zero-order valence-electron chi connectivity index (χ0n) is 10.1. The summed E-state index contributed by atoms with van der Waals surface area (Å²) in [6.07, 6.45) is 1.09. The van der Waals surface area contributed by atoms with Crippen molar-refractivity contribution < 1.29 is 4.79 Å². The van der Waals surface area contributed by atoms with E-state index in [1.807, 2.05) is 31.3 Å². The van der Waals surface area contributed by atoms with Crippen LogP contribution in [0.3, 0.4) is 0 Å². The van der Waals surface area contributed by atoms with Crippen LogP contribution in [0.4, 0.5) is 5.69 Å². The summed E-state index contributed by atoms with van der Waals surface area (Å²) in [5, 5.41) is 8.66. The third-order valence-corrected chi connectivity index (χ3v) is 3.24. The van der Waals surface area contributed by atoms with E-state index in [4.69, 9.17) is 5.26 Å². The molecule has 0 aliphatic carbocycles. The van der Waals surface area contributed by atoms with E-state index in [0.29, 0.717) is 12.8 Å². The van der Waals surface area contributed by atoms with Crippen molar-refractivity contribution >= 4 is 11.6 Å². The number of nitrogens with zero attached hydrogens (tertiary/aromatic N) is 3. The normalized spacial score (nSPS) is 18.9. The SMILES string of the molecule is CN1C(=O)c2ccccc2N(C)C1CCC#N. The molecule has 2 rings (SSSR count). The largest absolute Gasteiger partial charge is 0.354 e. The Bertz CT molecular complexity index is 478. The maximum Gasteiger partial charge on any atom is 0.257 e. The predicted molar refractivity (Wildman–Crippen MR) is 65.6 cm³/mol. The van der Waals surface area contributed by atoms with Gasteiger partial charge in [0.25, 0.3) is 5.91 Å². The molecule has 88 valence electrons. The second kappa shape index (κ2) is 4.46. The number of fused-ring (bicyclic) bond motifs is 1. The van der Waals surface area contributed by atoms with Crippen LogP contribution in [0.25, 0.3) is 0 Å². The van der Waals surface area contributed by atoms with Gasteiger partial charge >= 0.3 is 0 Å². The highest BCUT2D eigenvalue weighted by atomic mass is 16.2. The van der Waals surface area contributed by atoms with Crippen LogP contribution >= 0.6 is 0 Å². The molecule has 1 amide bonds. The van der Waals surface area contributed by atoms with E-state index in [1.54, 1.807) is 11.9 Å². The standard InChI is InChI=1S/C13H15N3O/c1-15-11-7-4-3-6-10(11)13(17)16(2)12(15)8-5-9-14/h3-4,6-7,12H,5,8H2,1-2H3. The maximum absolute atomic E-state index is 12.2. The van der Waals surface area contributed by atoms with Crippen LogP contribution in [0.15, 0.2) is 24.3 Å². The number of benzene rings is 1. The fraction of sp³-hybridized carbons (Fsp3) is 0.385. The molecular formula is C13H15N3O. The molecule has 1 heterocycles. The highest BCUT2D eigenvalue weighted by Crippen LogP contribution is 2.30. The van der Waals surface area contributed by atoms with Gasteiger partial charge in [0.1, 0.15) is 6.17 Å². The van der Waals surface area contributed by atoms with Crippen LogP contribution in [-0.2, 0) is 0 Å². The van der Waals surface area contributed by atoms with Crippen molar-refractivity contribution in [1.82, 2.24) is 4.90 Å². The average Bonchev–Trinajstić information content (AvgIpc) is 2.36. The Morgan fingerprint density at radius 1 is 1.29 bits per heavy atom. The lowest BCUT2D eigenvalue weighted by atomic mass is 10.0. The number of carbonyl (C=O) groups excluding carboxylic acids is 1. The Morgan fingerprint density at radius 3 is 2.71 bits per heavy atom. The number of nitriles is 1. The van der Waals surface area contributed by atoms with Crippen LogP contribution in [0.2, 0.25) is 0 Å². The number of anilines is 1. The number of hydrogen-bond donors (Lipinski definition) is 0. The number of hydrogen-bond acceptors (Lipinski definition) is 3. The monoisotopic (exact) mass is 229 g/mol. The molecule has 0 aromatic heterocycles. The van der Waals surface area contributed by atoms with Crippen molar-refractivity contribution in [3.63, 3.8) is 0 Å². The van der Waals surface area contributed by atoms with Gasteiger partial charge in [-0.3, -0.25) is 4.79 Å². The first-order valence-electron chi connectivity index (χ1n) is 5.62. The first-order chi connectivity index (χ1) is 8.16. The molecule has 4 nitrogen and oxygen atoms in total. The molecule has 17 heavy (non-hydrogen) atoms. The fourth-order valence-corrected chi connectivity index (χ4v) is 2.29. The summed E-state index contributed by atoms with van der Waals surface area (Å²) in [6.45, 7) is 0. The van der Waals surface area contributed by atoms with Gasteiger partial charge in [0.05, 0.1) is 17.3 Å². The Morgan fingerprint density at radius 2 is 2.00 bits per heavy atom. The molecular weight excluding hydrogens is 214 g/mol. The molecule has 0 spiro atoms. The van der Waals surface area contributed by atoms with E-state index in [-0.39, 0.29) is 12.1 Å². The van der Waals surface area contributed by atoms with E-state index in [1.165, 1.54) is 0 Å². The van der Waals surface area contributed by atoms with E-state index in [9.17, 15) is 4.79 Å². The second-order valence-corrected chi connectivity index (χ2v) is 4.22. The third kappa shape index (κ3) is 1.84. The Kier molecular flexibility index (Phi) is 3.01.